The third-order valence-corrected chi connectivity index (χ3v) is 3.96. The molecule has 0 aliphatic heterocycles. The average Bonchev–Trinajstić information content (AvgIpc) is 2.45. The summed E-state index contributed by atoms with van der Waals surface area (Å²) in [6.07, 6.45) is -0.432. The van der Waals surface area contributed by atoms with Crippen molar-refractivity contribution in [3.8, 4) is 0 Å². The van der Waals surface area contributed by atoms with Crippen LogP contribution in [-0.2, 0) is 9.53 Å². The minimum atomic E-state index is -0.499. The molecule has 0 bridgehead atoms. The standard InChI is InChI=1S/C18H28N2O3S/c1-13(2)14-8-6-7-9-15(14)20-16(21)12-24-11-10-19-17(22)23-18(3,4)5/h6-9,13H,10-12H2,1-5H3,(H,19,22)(H,20,21). The van der Waals surface area contributed by atoms with Crippen LogP contribution in [0.15, 0.2) is 24.3 Å². The maximum Gasteiger partial charge on any atom is 0.407 e. The summed E-state index contributed by atoms with van der Waals surface area (Å²) in [4.78, 5) is 23.5. The van der Waals surface area contributed by atoms with E-state index < -0.39 is 11.7 Å². The van der Waals surface area contributed by atoms with Crippen LogP contribution >= 0.6 is 11.8 Å². The van der Waals surface area contributed by atoms with Crippen LogP contribution in [0.3, 0.4) is 0 Å². The number of thioether (sulfide) groups is 1. The highest BCUT2D eigenvalue weighted by atomic mass is 32.2. The van der Waals surface area contributed by atoms with E-state index in [1.54, 1.807) is 0 Å². The quantitative estimate of drug-likeness (QED) is 0.728. The Kier molecular flexibility index (Phi) is 8.11. The predicted molar refractivity (Wildman–Crippen MR) is 101 cm³/mol. The fraction of sp³-hybridized carbons (Fsp3) is 0.556. The highest BCUT2D eigenvalue weighted by Crippen LogP contribution is 2.23. The van der Waals surface area contributed by atoms with Crippen molar-refractivity contribution >= 4 is 29.4 Å². The van der Waals surface area contributed by atoms with Gasteiger partial charge in [-0.2, -0.15) is 11.8 Å². The second-order valence-electron chi connectivity index (χ2n) is 6.77. The van der Waals surface area contributed by atoms with Crippen molar-refractivity contribution in [2.24, 2.45) is 0 Å². The Morgan fingerprint density at radius 1 is 1.21 bits per heavy atom. The predicted octanol–water partition coefficient (Wildman–Crippen LogP) is 4.01. The van der Waals surface area contributed by atoms with Gasteiger partial charge in [0.1, 0.15) is 5.60 Å². The number of benzene rings is 1. The number of para-hydroxylation sites is 1. The summed E-state index contributed by atoms with van der Waals surface area (Å²) in [7, 11) is 0. The van der Waals surface area contributed by atoms with Gasteiger partial charge in [0.2, 0.25) is 5.91 Å². The number of ether oxygens (including phenoxy) is 1. The molecule has 0 radical (unpaired) electrons. The van der Waals surface area contributed by atoms with Gasteiger partial charge in [0.15, 0.2) is 0 Å². The van der Waals surface area contributed by atoms with Crippen LogP contribution in [0.5, 0.6) is 0 Å². The molecule has 0 saturated heterocycles. The molecule has 0 unspecified atom stereocenters. The van der Waals surface area contributed by atoms with E-state index >= 15 is 0 Å². The number of amides is 2. The second kappa shape index (κ2) is 9.57. The Morgan fingerprint density at radius 3 is 2.50 bits per heavy atom. The monoisotopic (exact) mass is 352 g/mol. The molecule has 0 aliphatic carbocycles. The molecule has 5 nitrogen and oxygen atoms in total. The molecule has 1 aromatic carbocycles. The van der Waals surface area contributed by atoms with Gasteiger partial charge in [0, 0.05) is 18.0 Å². The summed E-state index contributed by atoms with van der Waals surface area (Å²) in [5, 5.41) is 5.62. The summed E-state index contributed by atoms with van der Waals surface area (Å²) < 4.78 is 5.14. The van der Waals surface area contributed by atoms with E-state index in [0.29, 0.717) is 24.0 Å². The Balaban J connectivity index is 2.27. The van der Waals surface area contributed by atoms with Gasteiger partial charge in [-0.05, 0) is 38.3 Å². The molecule has 24 heavy (non-hydrogen) atoms. The van der Waals surface area contributed by atoms with E-state index in [4.69, 9.17) is 4.74 Å². The number of carbonyl (C=O) groups is 2. The zero-order valence-corrected chi connectivity index (χ0v) is 16.0. The molecule has 134 valence electrons. The number of nitrogens with one attached hydrogen (secondary N) is 2. The number of anilines is 1. The van der Waals surface area contributed by atoms with Gasteiger partial charge >= 0.3 is 6.09 Å². The van der Waals surface area contributed by atoms with E-state index in [-0.39, 0.29) is 5.91 Å². The van der Waals surface area contributed by atoms with Gasteiger partial charge in [-0.15, -0.1) is 0 Å². The average molecular weight is 353 g/mol. The molecule has 2 N–H and O–H groups in total. The van der Waals surface area contributed by atoms with Gasteiger partial charge in [0.05, 0.1) is 5.75 Å². The molecule has 1 rings (SSSR count). The van der Waals surface area contributed by atoms with Crippen LogP contribution < -0.4 is 10.6 Å². The molecule has 6 heteroatoms. The largest absolute Gasteiger partial charge is 0.444 e. The summed E-state index contributed by atoms with van der Waals surface area (Å²) in [6, 6.07) is 7.83. The maximum atomic E-state index is 12.0. The smallest absolute Gasteiger partial charge is 0.407 e. The van der Waals surface area contributed by atoms with Gasteiger partial charge < -0.3 is 15.4 Å². The van der Waals surface area contributed by atoms with Crippen LogP contribution in [0.2, 0.25) is 0 Å². The zero-order valence-electron chi connectivity index (χ0n) is 15.1. The molecule has 0 atom stereocenters. The van der Waals surface area contributed by atoms with E-state index in [1.165, 1.54) is 11.8 Å². The molecule has 1 aromatic rings. The third-order valence-electron chi connectivity index (χ3n) is 3.00. The molecule has 0 aromatic heterocycles. The lowest BCUT2D eigenvalue weighted by molar-refractivity contribution is -0.113. The van der Waals surface area contributed by atoms with Crippen molar-refractivity contribution in [3.05, 3.63) is 29.8 Å². The number of alkyl carbamates (subject to hydrolysis) is 1. The maximum absolute atomic E-state index is 12.0. The first kappa shape index (κ1) is 20.4. The van der Waals surface area contributed by atoms with E-state index in [9.17, 15) is 9.59 Å². The molecule has 0 spiro atoms. The van der Waals surface area contributed by atoms with Crippen molar-refractivity contribution in [1.82, 2.24) is 5.32 Å². The van der Waals surface area contributed by atoms with Gasteiger partial charge in [0.25, 0.3) is 0 Å². The van der Waals surface area contributed by atoms with Crippen molar-refractivity contribution in [2.75, 3.05) is 23.4 Å². The lowest BCUT2D eigenvalue weighted by Gasteiger charge is -2.19. The molecule has 2 amide bonds. The molecular weight excluding hydrogens is 324 g/mol. The molecule has 0 fully saturated rings. The Bertz CT molecular complexity index is 553. The van der Waals surface area contributed by atoms with Crippen LogP contribution in [0.25, 0.3) is 0 Å². The van der Waals surface area contributed by atoms with Crippen molar-refractivity contribution in [1.29, 1.82) is 0 Å². The number of hydrogen-bond acceptors (Lipinski definition) is 4. The highest BCUT2D eigenvalue weighted by molar-refractivity contribution is 7.99. The van der Waals surface area contributed by atoms with Gasteiger partial charge in [-0.1, -0.05) is 32.0 Å². The second-order valence-corrected chi connectivity index (χ2v) is 7.88. The van der Waals surface area contributed by atoms with Crippen molar-refractivity contribution in [2.45, 2.75) is 46.1 Å². The number of hydrogen-bond donors (Lipinski definition) is 2. The molecular formula is C18H28N2O3S. The minimum Gasteiger partial charge on any atom is -0.444 e. The fourth-order valence-electron chi connectivity index (χ4n) is 2.00. The number of rotatable bonds is 7. The Morgan fingerprint density at radius 2 is 1.88 bits per heavy atom. The molecule has 0 saturated carbocycles. The number of carbonyl (C=O) groups excluding carboxylic acids is 2. The van der Waals surface area contributed by atoms with E-state index in [2.05, 4.69) is 24.5 Å². The summed E-state index contributed by atoms with van der Waals surface area (Å²) >= 11 is 1.47. The molecule has 0 heterocycles. The lowest BCUT2D eigenvalue weighted by atomic mass is 10.0. The third kappa shape index (κ3) is 8.24. The Hall–Kier alpha value is -1.69. The fourth-order valence-corrected chi connectivity index (χ4v) is 2.65. The minimum absolute atomic E-state index is 0.0367. The van der Waals surface area contributed by atoms with Crippen LogP contribution in [-0.4, -0.2) is 35.7 Å². The van der Waals surface area contributed by atoms with Crippen molar-refractivity contribution < 1.29 is 14.3 Å². The van der Waals surface area contributed by atoms with E-state index in [1.807, 2.05) is 45.0 Å². The SMILES string of the molecule is CC(C)c1ccccc1NC(=O)CSCCNC(=O)OC(C)(C)C. The zero-order chi connectivity index (χ0) is 18.2. The lowest BCUT2D eigenvalue weighted by Crippen LogP contribution is -2.33. The van der Waals surface area contributed by atoms with E-state index in [0.717, 1.165) is 11.3 Å². The van der Waals surface area contributed by atoms with Crippen LogP contribution in [0.1, 0.15) is 46.1 Å². The highest BCUT2D eigenvalue weighted by Gasteiger charge is 2.15. The normalized spacial score (nSPS) is 11.2. The first-order valence-corrected chi connectivity index (χ1v) is 9.28. The summed E-state index contributed by atoms with van der Waals surface area (Å²) in [5.41, 5.74) is 1.49. The van der Waals surface area contributed by atoms with Crippen LogP contribution in [0.4, 0.5) is 10.5 Å². The molecule has 0 aliphatic rings. The first-order chi connectivity index (χ1) is 11.2. The van der Waals surface area contributed by atoms with Crippen LogP contribution in [0, 0.1) is 0 Å². The van der Waals surface area contributed by atoms with Crippen molar-refractivity contribution in [3.63, 3.8) is 0 Å². The van der Waals surface area contributed by atoms with Gasteiger partial charge in [-0.3, -0.25) is 4.79 Å². The first-order valence-electron chi connectivity index (χ1n) is 8.12. The van der Waals surface area contributed by atoms with Gasteiger partial charge in [-0.25, -0.2) is 4.79 Å². The topological polar surface area (TPSA) is 67.4 Å². The summed E-state index contributed by atoms with van der Waals surface area (Å²) in [6.45, 7) is 10.1. The Labute approximate surface area is 148 Å². The summed E-state index contributed by atoms with van der Waals surface area (Å²) in [5.74, 6) is 1.32.